The number of nitrogens with two attached hydrogens (primary N) is 1. The molecule has 1 aromatic heterocycles. The highest BCUT2D eigenvalue weighted by Crippen LogP contribution is 2.39. The van der Waals surface area contributed by atoms with Crippen LogP contribution in [0.3, 0.4) is 0 Å². The summed E-state index contributed by atoms with van der Waals surface area (Å²) >= 11 is 5.89. The molecule has 0 amide bonds. The summed E-state index contributed by atoms with van der Waals surface area (Å²) in [7, 11) is 0. The van der Waals surface area contributed by atoms with Crippen LogP contribution >= 0.6 is 11.6 Å². The summed E-state index contributed by atoms with van der Waals surface area (Å²) in [5, 5.41) is 0.116. The zero-order valence-electron chi connectivity index (χ0n) is 11.5. The summed E-state index contributed by atoms with van der Waals surface area (Å²) < 4.78 is 13.4. The van der Waals surface area contributed by atoms with Gasteiger partial charge in [-0.1, -0.05) is 23.7 Å². The number of benzene rings is 1. The smallest absolute Gasteiger partial charge is 0.141 e. The molecule has 2 unspecified atom stereocenters. The van der Waals surface area contributed by atoms with E-state index in [2.05, 4.69) is 16.5 Å². The summed E-state index contributed by atoms with van der Waals surface area (Å²) in [5.41, 5.74) is 6.08. The molecule has 1 heterocycles. The fourth-order valence-electron chi connectivity index (χ4n) is 3.12. The molecule has 3 nitrogen and oxygen atoms in total. The average molecular weight is 306 g/mol. The Hall–Kier alpha value is -1.49. The van der Waals surface area contributed by atoms with E-state index in [9.17, 15) is 4.39 Å². The normalized spacial score (nSPS) is 19.1. The molecule has 0 bridgehead atoms. The molecule has 0 radical (unpaired) electrons. The third kappa shape index (κ3) is 2.79. The molecule has 0 saturated carbocycles. The van der Waals surface area contributed by atoms with E-state index in [1.54, 1.807) is 12.1 Å². The van der Waals surface area contributed by atoms with Gasteiger partial charge < -0.3 is 0 Å². The van der Waals surface area contributed by atoms with Crippen LogP contribution in [-0.2, 0) is 6.42 Å². The van der Waals surface area contributed by atoms with E-state index in [1.807, 2.05) is 12.3 Å². The van der Waals surface area contributed by atoms with Crippen LogP contribution in [0.1, 0.15) is 41.6 Å². The number of rotatable bonds is 3. The average Bonchev–Trinajstić information content (AvgIpc) is 2.52. The monoisotopic (exact) mass is 305 g/mol. The van der Waals surface area contributed by atoms with Crippen LogP contribution in [0, 0.1) is 5.82 Å². The van der Waals surface area contributed by atoms with Gasteiger partial charge >= 0.3 is 0 Å². The molecule has 110 valence electrons. The lowest BCUT2D eigenvalue weighted by atomic mass is 9.80. The second-order valence-corrected chi connectivity index (χ2v) is 5.77. The van der Waals surface area contributed by atoms with E-state index in [1.165, 1.54) is 11.6 Å². The molecule has 1 aromatic carbocycles. The van der Waals surface area contributed by atoms with E-state index in [0.717, 1.165) is 30.5 Å². The van der Waals surface area contributed by atoms with Crippen molar-refractivity contribution in [2.75, 3.05) is 0 Å². The Bertz CT molecular complexity index is 647. The van der Waals surface area contributed by atoms with Crippen molar-refractivity contribution in [3.8, 4) is 0 Å². The lowest BCUT2D eigenvalue weighted by Crippen LogP contribution is -2.34. The lowest BCUT2D eigenvalue weighted by molar-refractivity contribution is 0.399. The molecule has 1 aliphatic rings. The summed E-state index contributed by atoms with van der Waals surface area (Å²) in [5.74, 6) is 5.52. The van der Waals surface area contributed by atoms with Gasteiger partial charge in [-0.15, -0.1) is 0 Å². The van der Waals surface area contributed by atoms with Crippen molar-refractivity contribution < 1.29 is 4.39 Å². The maximum absolute atomic E-state index is 13.4. The summed E-state index contributed by atoms with van der Waals surface area (Å²) in [4.78, 5) is 4.53. The van der Waals surface area contributed by atoms with Gasteiger partial charge in [0.25, 0.3) is 0 Å². The molecule has 2 aromatic rings. The maximum atomic E-state index is 13.4. The summed E-state index contributed by atoms with van der Waals surface area (Å²) in [6.07, 6.45) is 4.94. The largest absolute Gasteiger partial charge is 0.271 e. The van der Waals surface area contributed by atoms with Gasteiger partial charge in [0.05, 0.1) is 11.1 Å². The number of pyridine rings is 1. The van der Waals surface area contributed by atoms with E-state index < -0.39 is 5.82 Å². The van der Waals surface area contributed by atoms with Gasteiger partial charge in [-0.3, -0.25) is 16.3 Å². The Labute approximate surface area is 128 Å². The van der Waals surface area contributed by atoms with Gasteiger partial charge in [-0.05, 0) is 48.6 Å². The second kappa shape index (κ2) is 6.10. The van der Waals surface area contributed by atoms with Crippen molar-refractivity contribution in [1.29, 1.82) is 0 Å². The SMILES string of the molecule is NNC(c1ccc(F)c(Cl)c1)C1CCCc2cccnc21. The van der Waals surface area contributed by atoms with Crippen LogP contribution in [-0.4, -0.2) is 4.98 Å². The highest BCUT2D eigenvalue weighted by Gasteiger charge is 2.29. The van der Waals surface area contributed by atoms with E-state index >= 15 is 0 Å². The molecule has 0 fully saturated rings. The number of aromatic nitrogens is 1. The number of hydrogen-bond acceptors (Lipinski definition) is 3. The van der Waals surface area contributed by atoms with Crippen molar-refractivity contribution in [3.63, 3.8) is 0 Å². The number of fused-ring (bicyclic) bond motifs is 1. The van der Waals surface area contributed by atoms with Gasteiger partial charge in [0.2, 0.25) is 0 Å². The van der Waals surface area contributed by atoms with E-state index in [0.29, 0.717) is 0 Å². The maximum Gasteiger partial charge on any atom is 0.141 e. The predicted octanol–water partition coefficient (Wildman–Crippen LogP) is 3.50. The zero-order valence-corrected chi connectivity index (χ0v) is 12.3. The van der Waals surface area contributed by atoms with Crippen LogP contribution < -0.4 is 11.3 Å². The van der Waals surface area contributed by atoms with Crippen LogP contribution in [0.25, 0.3) is 0 Å². The van der Waals surface area contributed by atoms with Crippen molar-refractivity contribution in [3.05, 3.63) is 64.2 Å². The fourth-order valence-corrected chi connectivity index (χ4v) is 3.31. The molecule has 0 spiro atoms. The Morgan fingerprint density at radius 3 is 3.00 bits per heavy atom. The van der Waals surface area contributed by atoms with Gasteiger partial charge in [0.15, 0.2) is 0 Å². The van der Waals surface area contributed by atoms with E-state index in [4.69, 9.17) is 17.4 Å². The standard InChI is InChI=1S/C16H17ClFN3/c17-13-9-11(6-7-14(13)18)16(21-19)12-5-1-3-10-4-2-8-20-15(10)12/h2,4,6-9,12,16,21H,1,3,5,19H2. The first-order valence-electron chi connectivity index (χ1n) is 7.05. The molecule has 21 heavy (non-hydrogen) atoms. The first kappa shape index (κ1) is 14.4. The molecular formula is C16H17ClFN3. The summed E-state index contributed by atoms with van der Waals surface area (Å²) in [6, 6.07) is 8.68. The predicted molar refractivity (Wildman–Crippen MR) is 81.4 cm³/mol. The lowest BCUT2D eigenvalue weighted by Gasteiger charge is -2.31. The minimum atomic E-state index is -0.418. The third-order valence-electron chi connectivity index (χ3n) is 4.12. The Kier molecular flexibility index (Phi) is 4.19. The molecule has 2 atom stereocenters. The van der Waals surface area contributed by atoms with Crippen LogP contribution in [0.5, 0.6) is 0 Å². The van der Waals surface area contributed by atoms with Crippen molar-refractivity contribution in [2.45, 2.75) is 31.2 Å². The van der Waals surface area contributed by atoms with Crippen LogP contribution in [0.2, 0.25) is 5.02 Å². The van der Waals surface area contributed by atoms with Gasteiger partial charge in [-0.25, -0.2) is 4.39 Å². The van der Waals surface area contributed by atoms with Crippen LogP contribution in [0.4, 0.5) is 4.39 Å². The third-order valence-corrected chi connectivity index (χ3v) is 4.41. The highest BCUT2D eigenvalue weighted by atomic mass is 35.5. The van der Waals surface area contributed by atoms with Crippen molar-refractivity contribution in [1.82, 2.24) is 10.4 Å². The second-order valence-electron chi connectivity index (χ2n) is 5.36. The number of halogens is 2. The molecule has 5 heteroatoms. The fraction of sp³-hybridized carbons (Fsp3) is 0.312. The van der Waals surface area contributed by atoms with Gasteiger partial charge in [0.1, 0.15) is 5.82 Å². The summed E-state index contributed by atoms with van der Waals surface area (Å²) in [6.45, 7) is 0. The number of aryl methyl sites for hydroxylation is 1. The highest BCUT2D eigenvalue weighted by molar-refractivity contribution is 6.30. The molecule has 1 aliphatic carbocycles. The Balaban J connectivity index is 1.99. The number of hydrazine groups is 1. The Morgan fingerprint density at radius 2 is 2.24 bits per heavy atom. The molecule has 0 aliphatic heterocycles. The molecule has 0 saturated heterocycles. The van der Waals surface area contributed by atoms with E-state index in [-0.39, 0.29) is 17.0 Å². The minimum Gasteiger partial charge on any atom is -0.271 e. The first-order valence-corrected chi connectivity index (χ1v) is 7.43. The molecule has 3 N–H and O–H groups in total. The topological polar surface area (TPSA) is 50.9 Å². The number of nitrogens with zero attached hydrogens (tertiary/aromatic N) is 1. The molecule has 3 rings (SSSR count). The molecular weight excluding hydrogens is 289 g/mol. The van der Waals surface area contributed by atoms with Crippen molar-refractivity contribution >= 4 is 11.6 Å². The number of hydrogen-bond donors (Lipinski definition) is 2. The quantitative estimate of drug-likeness (QED) is 0.674. The Morgan fingerprint density at radius 1 is 1.38 bits per heavy atom. The van der Waals surface area contributed by atoms with Gasteiger partial charge in [0, 0.05) is 17.8 Å². The zero-order chi connectivity index (χ0) is 14.8. The van der Waals surface area contributed by atoms with Gasteiger partial charge in [-0.2, -0.15) is 0 Å². The minimum absolute atomic E-state index is 0.116. The first-order chi connectivity index (χ1) is 10.2. The van der Waals surface area contributed by atoms with Crippen LogP contribution in [0.15, 0.2) is 36.5 Å². The van der Waals surface area contributed by atoms with Crippen molar-refractivity contribution in [2.24, 2.45) is 5.84 Å². The number of nitrogens with one attached hydrogen (secondary N) is 1.